The molecule has 0 bridgehead atoms. The van der Waals surface area contributed by atoms with Crippen molar-refractivity contribution in [3.8, 4) is 5.75 Å². The van der Waals surface area contributed by atoms with Crippen LogP contribution < -0.4 is 10.5 Å². The van der Waals surface area contributed by atoms with E-state index in [9.17, 15) is 4.39 Å². The molecule has 0 fully saturated rings. The van der Waals surface area contributed by atoms with Crippen LogP contribution in [0.1, 0.15) is 32.4 Å². The summed E-state index contributed by atoms with van der Waals surface area (Å²) in [4.78, 5) is 0. The highest BCUT2D eigenvalue weighted by Crippen LogP contribution is 2.21. The first-order valence-corrected chi connectivity index (χ1v) is 4.72. The first-order chi connectivity index (χ1) is 6.50. The molecule has 14 heavy (non-hydrogen) atoms. The predicted octanol–water partition coefficient (Wildman–Crippen LogP) is 2.63. The molecule has 3 heteroatoms. The van der Waals surface area contributed by atoms with Gasteiger partial charge < -0.3 is 10.5 Å². The van der Waals surface area contributed by atoms with E-state index in [1.807, 2.05) is 13.8 Å². The lowest BCUT2D eigenvalue weighted by Gasteiger charge is -2.12. The third kappa shape index (κ3) is 2.70. The van der Waals surface area contributed by atoms with Crippen molar-refractivity contribution in [3.63, 3.8) is 0 Å². The minimum absolute atomic E-state index is 0.0514. The molecule has 0 spiro atoms. The van der Waals surface area contributed by atoms with Crippen LogP contribution in [-0.4, -0.2) is 6.10 Å². The van der Waals surface area contributed by atoms with E-state index >= 15 is 0 Å². The SMILES string of the molecule is CC(C)Oc1ccc([C@@H](C)N)c(F)c1. The summed E-state index contributed by atoms with van der Waals surface area (Å²) in [5.41, 5.74) is 6.10. The Morgan fingerprint density at radius 1 is 1.29 bits per heavy atom. The summed E-state index contributed by atoms with van der Waals surface area (Å²) in [6.07, 6.45) is 0.0514. The molecular weight excluding hydrogens is 181 g/mol. The molecule has 0 amide bonds. The Kier molecular flexibility index (Phi) is 3.47. The quantitative estimate of drug-likeness (QED) is 0.808. The summed E-state index contributed by atoms with van der Waals surface area (Å²) in [6.45, 7) is 5.55. The zero-order valence-electron chi connectivity index (χ0n) is 8.75. The van der Waals surface area contributed by atoms with Crippen LogP contribution in [-0.2, 0) is 0 Å². The summed E-state index contributed by atoms with van der Waals surface area (Å²) >= 11 is 0. The zero-order valence-corrected chi connectivity index (χ0v) is 8.75. The van der Waals surface area contributed by atoms with E-state index in [0.717, 1.165) is 0 Å². The molecule has 0 aromatic heterocycles. The van der Waals surface area contributed by atoms with Crippen molar-refractivity contribution >= 4 is 0 Å². The molecule has 0 aliphatic rings. The maximum Gasteiger partial charge on any atom is 0.131 e. The standard InChI is InChI=1S/C11H16FNO/c1-7(2)14-9-4-5-10(8(3)13)11(12)6-9/h4-8H,13H2,1-3H3/t8-/m1/s1. The molecule has 0 saturated carbocycles. The van der Waals surface area contributed by atoms with Crippen molar-refractivity contribution in [2.45, 2.75) is 32.9 Å². The smallest absolute Gasteiger partial charge is 0.131 e. The lowest BCUT2D eigenvalue weighted by molar-refractivity contribution is 0.241. The molecule has 1 rings (SSSR count). The Balaban J connectivity index is 2.89. The lowest BCUT2D eigenvalue weighted by atomic mass is 10.1. The lowest BCUT2D eigenvalue weighted by Crippen LogP contribution is -2.09. The maximum absolute atomic E-state index is 13.4. The van der Waals surface area contributed by atoms with E-state index in [-0.39, 0.29) is 18.0 Å². The van der Waals surface area contributed by atoms with Crippen LogP contribution in [0.2, 0.25) is 0 Å². The first kappa shape index (κ1) is 11.0. The molecular formula is C11H16FNO. The van der Waals surface area contributed by atoms with E-state index in [0.29, 0.717) is 11.3 Å². The average molecular weight is 197 g/mol. The zero-order chi connectivity index (χ0) is 10.7. The van der Waals surface area contributed by atoms with E-state index in [4.69, 9.17) is 10.5 Å². The highest BCUT2D eigenvalue weighted by molar-refractivity contribution is 5.30. The maximum atomic E-state index is 13.4. The highest BCUT2D eigenvalue weighted by Gasteiger charge is 2.08. The molecule has 0 unspecified atom stereocenters. The highest BCUT2D eigenvalue weighted by atomic mass is 19.1. The number of halogens is 1. The summed E-state index contributed by atoms with van der Waals surface area (Å²) in [5.74, 6) is 0.236. The number of benzene rings is 1. The van der Waals surface area contributed by atoms with E-state index in [1.165, 1.54) is 6.07 Å². The monoisotopic (exact) mass is 197 g/mol. The molecule has 0 aliphatic heterocycles. The fourth-order valence-corrected chi connectivity index (χ4v) is 1.22. The van der Waals surface area contributed by atoms with Gasteiger partial charge in [-0.15, -0.1) is 0 Å². The van der Waals surface area contributed by atoms with Gasteiger partial charge in [-0.05, 0) is 26.8 Å². The van der Waals surface area contributed by atoms with Crippen molar-refractivity contribution in [2.24, 2.45) is 5.73 Å². The van der Waals surface area contributed by atoms with Gasteiger partial charge in [-0.1, -0.05) is 6.07 Å². The van der Waals surface area contributed by atoms with Gasteiger partial charge in [0, 0.05) is 17.7 Å². The Hall–Kier alpha value is -1.09. The number of rotatable bonds is 3. The van der Waals surface area contributed by atoms with Gasteiger partial charge in [0.2, 0.25) is 0 Å². The van der Waals surface area contributed by atoms with Gasteiger partial charge in [0.1, 0.15) is 11.6 Å². The van der Waals surface area contributed by atoms with Gasteiger partial charge in [-0.2, -0.15) is 0 Å². The minimum atomic E-state index is -0.307. The van der Waals surface area contributed by atoms with Crippen LogP contribution in [0.4, 0.5) is 4.39 Å². The van der Waals surface area contributed by atoms with Gasteiger partial charge in [0.15, 0.2) is 0 Å². The Morgan fingerprint density at radius 2 is 1.93 bits per heavy atom. The molecule has 0 radical (unpaired) electrons. The molecule has 2 N–H and O–H groups in total. The van der Waals surface area contributed by atoms with Crippen LogP contribution >= 0.6 is 0 Å². The summed E-state index contributed by atoms with van der Waals surface area (Å²) in [5, 5.41) is 0. The summed E-state index contributed by atoms with van der Waals surface area (Å²) in [6, 6.07) is 4.49. The molecule has 1 aromatic rings. The molecule has 1 aromatic carbocycles. The van der Waals surface area contributed by atoms with Crippen molar-refractivity contribution in [1.29, 1.82) is 0 Å². The summed E-state index contributed by atoms with van der Waals surface area (Å²) < 4.78 is 18.7. The van der Waals surface area contributed by atoms with Gasteiger partial charge >= 0.3 is 0 Å². The van der Waals surface area contributed by atoms with Crippen LogP contribution in [0, 0.1) is 5.82 Å². The third-order valence-corrected chi connectivity index (χ3v) is 1.83. The Morgan fingerprint density at radius 3 is 2.36 bits per heavy atom. The molecule has 2 nitrogen and oxygen atoms in total. The average Bonchev–Trinajstić information content (AvgIpc) is 2.01. The van der Waals surface area contributed by atoms with Gasteiger partial charge in [0.25, 0.3) is 0 Å². The minimum Gasteiger partial charge on any atom is -0.491 e. The predicted molar refractivity (Wildman–Crippen MR) is 54.8 cm³/mol. The molecule has 0 aliphatic carbocycles. The molecule has 78 valence electrons. The van der Waals surface area contributed by atoms with E-state index in [2.05, 4.69) is 0 Å². The van der Waals surface area contributed by atoms with E-state index in [1.54, 1.807) is 19.1 Å². The third-order valence-electron chi connectivity index (χ3n) is 1.83. The van der Waals surface area contributed by atoms with Crippen LogP contribution in [0.3, 0.4) is 0 Å². The number of ether oxygens (including phenoxy) is 1. The molecule has 0 saturated heterocycles. The summed E-state index contributed by atoms with van der Waals surface area (Å²) in [7, 11) is 0. The van der Waals surface area contributed by atoms with Crippen LogP contribution in [0.25, 0.3) is 0 Å². The molecule has 0 heterocycles. The second kappa shape index (κ2) is 4.42. The van der Waals surface area contributed by atoms with Crippen LogP contribution in [0.15, 0.2) is 18.2 Å². The second-order valence-corrected chi connectivity index (χ2v) is 3.64. The Labute approximate surface area is 83.9 Å². The second-order valence-electron chi connectivity index (χ2n) is 3.64. The largest absolute Gasteiger partial charge is 0.491 e. The number of hydrogen-bond acceptors (Lipinski definition) is 2. The fourth-order valence-electron chi connectivity index (χ4n) is 1.22. The van der Waals surface area contributed by atoms with Gasteiger partial charge in [-0.25, -0.2) is 4.39 Å². The van der Waals surface area contributed by atoms with Crippen molar-refractivity contribution < 1.29 is 9.13 Å². The van der Waals surface area contributed by atoms with Crippen LogP contribution in [0.5, 0.6) is 5.75 Å². The van der Waals surface area contributed by atoms with Gasteiger partial charge in [-0.3, -0.25) is 0 Å². The van der Waals surface area contributed by atoms with Crippen molar-refractivity contribution in [3.05, 3.63) is 29.6 Å². The van der Waals surface area contributed by atoms with E-state index < -0.39 is 0 Å². The first-order valence-electron chi connectivity index (χ1n) is 4.72. The topological polar surface area (TPSA) is 35.2 Å². The fraction of sp³-hybridized carbons (Fsp3) is 0.455. The molecule has 1 atom stereocenters. The van der Waals surface area contributed by atoms with Crippen molar-refractivity contribution in [1.82, 2.24) is 0 Å². The number of hydrogen-bond donors (Lipinski definition) is 1. The van der Waals surface area contributed by atoms with Crippen molar-refractivity contribution in [2.75, 3.05) is 0 Å². The van der Waals surface area contributed by atoms with Gasteiger partial charge in [0.05, 0.1) is 6.10 Å². The number of nitrogens with two attached hydrogens (primary N) is 1. The normalized spacial score (nSPS) is 13.0. The Bertz CT molecular complexity index is 310.